The molecule has 19 heavy (non-hydrogen) atoms. The molecule has 0 radical (unpaired) electrons. The van der Waals surface area contributed by atoms with Crippen molar-refractivity contribution >= 4 is 37.2 Å². The minimum Gasteiger partial charge on any atom is -0.395 e. The molecular weight excluding hydrogens is 309 g/mol. The predicted octanol–water partition coefficient (Wildman–Crippen LogP) is 1.46. The van der Waals surface area contributed by atoms with Crippen molar-refractivity contribution in [3.05, 3.63) is 30.1 Å². The van der Waals surface area contributed by atoms with Crippen LogP contribution in [0.1, 0.15) is 5.56 Å². The summed E-state index contributed by atoms with van der Waals surface area (Å²) < 4.78 is 0. The van der Waals surface area contributed by atoms with Crippen LogP contribution >= 0.6 is 37.2 Å². The van der Waals surface area contributed by atoms with Crippen molar-refractivity contribution in [2.45, 2.75) is 6.54 Å². The maximum Gasteiger partial charge on any atom is 0.0558 e. The Morgan fingerprint density at radius 1 is 1.05 bits per heavy atom. The molecule has 0 aromatic carbocycles. The zero-order valence-electron chi connectivity index (χ0n) is 10.8. The Kier molecular flexibility index (Phi) is 13.1. The number of aromatic nitrogens is 1. The van der Waals surface area contributed by atoms with Crippen LogP contribution in [-0.2, 0) is 6.54 Å². The second kappa shape index (κ2) is 11.7. The zero-order valence-corrected chi connectivity index (χ0v) is 13.2. The van der Waals surface area contributed by atoms with Gasteiger partial charge >= 0.3 is 0 Å². The van der Waals surface area contributed by atoms with Gasteiger partial charge in [0.1, 0.15) is 0 Å². The first-order valence-corrected chi connectivity index (χ1v) is 5.83. The van der Waals surface area contributed by atoms with Crippen LogP contribution in [0.3, 0.4) is 0 Å². The summed E-state index contributed by atoms with van der Waals surface area (Å²) in [6.45, 7) is 6.33. The summed E-state index contributed by atoms with van der Waals surface area (Å²) in [6, 6.07) is 4.10. The molecule has 0 bridgehead atoms. The van der Waals surface area contributed by atoms with E-state index in [1.807, 2.05) is 18.5 Å². The predicted molar refractivity (Wildman–Crippen MR) is 84.8 cm³/mol. The third-order valence-electron chi connectivity index (χ3n) is 3.01. The molecule has 1 aliphatic rings. The average molecular weight is 331 g/mol. The highest BCUT2D eigenvalue weighted by atomic mass is 35.5. The van der Waals surface area contributed by atoms with Crippen LogP contribution in [0.2, 0.25) is 0 Å². The minimum absolute atomic E-state index is 0. The quantitative estimate of drug-likeness (QED) is 0.907. The molecule has 1 fully saturated rings. The largest absolute Gasteiger partial charge is 0.395 e. The van der Waals surface area contributed by atoms with Crippen LogP contribution in [0.5, 0.6) is 0 Å². The van der Waals surface area contributed by atoms with Crippen molar-refractivity contribution in [1.82, 2.24) is 14.8 Å². The van der Waals surface area contributed by atoms with Gasteiger partial charge in [0.15, 0.2) is 0 Å². The first-order chi connectivity index (χ1) is 7.88. The molecular formula is C12H22Cl3N3O. The van der Waals surface area contributed by atoms with Crippen LogP contribution in [-0.4, -0.2) is 59.2 Å². The second-order valence-electron chi connectivity index (χ2n) is 4.20. The molecule has 0 amide bonds. The Bertz CT molecular complexity index is 308. The number of aliphatic hydroxyl groups excluding tert-OH is 1. The van der Waals surface area contributed by atoms with Gasteiger partial charge in [0, 0.05) is 51.7 Å². The molecule has 1 N–H and O–H groups in total. The molecule has 112 valence electrons. The molecule has 2 rings (SSSR count). The normalized spacial score (nSPS) is 15.8. The van der Waals surface area contributed by atoms with Crippen molar-refractivity contribution in [3.8, 4) is 0 Å². The fraction of sp³-hybridized carbons (Fsp3) is 0.583. The number of nitrogens with zero attached hydrogens (tertiary/aromatic N) is 3. The number of hydrogen-bond acceptors (Lipinski definition) is 4. The summed E-state index contributed by atoms with van der Waals surface area (Å²) in [4.78, 5) is 8.87. The second-order valence-corrected chi connectivity index (χ2v) is 4.20. The third-order valence-corrected chi connectivity index (χ3v) is 3.01. The number of halogens is 3. The molecule has 1 aliphatic heterocycles. The monoisotopic (exact) mass is 329 g/mol. The first kappa shape index (κ1) is 21.2. The number of hydrogen-bond donors (Lipinski definition) is 1. The molecule has 0 aliphatic carbocycles. The van der Waals surface area contributed by atoms with Gasteiger partial charge in [-0.15, -0.1) is 37.2 Å². The molecule has 1 saturated heterocycles. The summed E-state index contributed by atoms with van der Waals surface area (Å²) in [7, 11) is 0. The smallest absolute Gasteiger partial charge is 0.0558 e. The molecule has 4 nitrogen and oxygen atoms in total. The van der Waals surface area contributed by atoms with Crippen LogP contribution < -0.4 is 0 Å². The van der Waals surface area contributed by atoms with Crippen LogP contribution in [0, 0.1) is 0 Å². The lowest BCUT2D eigenvalue weighted by Crippen LogP contribution is -2.46. The van der Waals surface area contributed by atoms with Gasteiger partial charge in [-0.05, 0) is 11.6 Å². The number of piperazine rings is 1. The van der Waals surface area contributed by atoms with E-state index in [1.54, 1.807) is 0 Å². The van der Waals surface area contributed by atoms with E-state index in [1.165, 1.54) is 5.56 Å². The van der Waals surface area contributed by atoms with Crippen molar-refractivity contribution in [3.63, 3.8) is 0 Å². The fourth-order valence-corrected chi connectivity index (χ4v) is 2.06. The maximum absolute atomic E-state index is 8.86. The Balaban J connectivity index is 0. The number of aliphatic hydroxyl groups is 1. The number of rotatable bonds is 4. The minimum atomic E-state index is 0. The molecule has 7 heteroatoms. The third kappa shape index (κ3) is 7.30. The van der Waals surface area contributed by atoms with Gasteiger partial charge in [0.25, 0.3) is 0 Å². The number of β-amino-alcohol motifs (C(OH)–C–C–N with tert-alkyl or cyclic N) is 1. The van der Waals surface area contributed by atoms with E-state index >= 15 is 0 Å². The molecule has 1 aromatic heterocycles. The van der Waals surface area contributed by atoms with Crippen LogP contribution in [0.15, 0.2) is 24.5 Å². The van der Waals surface area contributed by atoms with E-state index in [0.717, 1.165) is 39.3 Å². The Morgan fingerprint density at radius 2 is 1.68 bits per heavy atom. The summed E-state index contributed by atoms with van der Waals surface area (Å²) in [5.41, 5.74) is 1.28. The van der Waals surface area contributed by atoms with Gasteiger partial charge in [-0.25, -0.2) is 0 Å². The summed E-state index contributed by atoms with van der Waals surface area (Å²) in [5.74, 6) is 0. The van der Waals surface area contributed by atoms with Crippen molar-refractivity contribution in [2.75, 3.05) is 39.3 Å². The van der Waals surface area contributed by atoms with Gasteiger partial charge < -0.3 is 5.11 Å². The van der Waals surface area contributed by atoms with Crippen molar-refractivity contribution in [2.24, 2.45) is 0 Å². The van der Waals surface area contributed by atoms with Gasteiger partial charge in [-0.2, -0.15) is 0 Å². The highest BCUT2D eigenvalue weighted by Gasteiger charge is 2.15. The Labute approximate surface area is 133 Å². The van der Waals surface area contributed by atoms with E-state index in [0.29, 0.717) is 0 Å². The molecule has 0 spiro atoms. The van der Waals surface area contributed by atoms with Gasteiger partial charge in [0.2, 0.25) is 0 Å². The number of pyridine rings is 1. The molecule has 0 atom stereocenters. The van der Waals surface area contributed by atoms with E-state index < -0.39 is 0 Å². The summed E-state index contributed by atoms with van der Waals surface area (Å²) in [6.07, 6.45) is 3.74. The van der Waals surface area contributed by atoms with Crippen molar-refractivity contribution < 1.29 is 5.11 Å². The highest BCUT2D eigenvalue weighted by molar-refractivity contribution is 5.86. The highest BCUT2D eigenvalue weighted by Crippen LogP contribution is 2.06. The van der Waals surface area contributed by atoms with Crippen LogP contribution in [0.4, 0.5) is 0 Å². The lowest BCUT2D eigenvalue weighted by atomic mass is 10.2. The van der Waals surface area contributed by atoms with Gasteiger partial charge in [-0.3, -0.25) is 14.8 Å². The standard InChI is InChI=1S/C12H19N3O.3ClH/c16-9-8-14-4-6-15(7-5-14)11-12-2-1-3-13-10-12;;;/h1-3,10,16H,4-9,11H2;3*1H. The van der Waals surface area contributed by atoms with E-state index in [-0.39, 0.29) is 43.8 Å². The SMILES string of the molecule is Cl.Cl.Cl.OCCN1CCN(Cc2cccnc2)CC1. The van der Waals surface area contributed by atoms with E-state index in [4.69, 9.17) is 5.11 Å². The maximum atomic E-state index is 8.86. The van der Waals surface area contributed by atoms with Gasteiger partial charge in [0.05, 0.1) is 6.61 Å². The summed E-state index contributed by atoms with van der Waals surface area (Å²) in [5, 5.41) is 8.86. The molecule has 0 saturated carbocycles. The summed E-state index contributed by atoms with van der Waals surface area (Å²) >= 11 is 0. The molecule has 0 unspecified atom stereocenters. The Morgan fingerprint density at radius 3 is 2.21 bits per heavy atom. The molecule has 1 aromatic rings. The fourth-order valence-electron chi connectivity index (χ4n) is 2.06. The topological polar surface area (TPSA) is 39.6 Å². The van der Waals surface area contributed by atoms with E-state index in [9.17, 15) is 0 Å². The first-order valence-electron chi connectivity index (χ1n) is 5.83. The average Bonchev–Trinajstić information content (AvgIpc) is 2.33. The Hall–Kier alpha value is -0.100. The zero-order chi connectivity index (χ0) is 11.2. The van der Waals surface area contributed by atoms with Crippen LogP contribution in [0.25, 0.3) is 0 Å². The van der Waals surface area contributed by atoms with E-state index in [2.05, 4.69) is 20.9 Å². The lowest BCUT2D eigenvalue weighted by Gasteiger charge is -2.34. The van der Waals surface area contributed by atoms with Gasteiger partial charge in [-0.1, -0.05) is 6.07 Å². The van der Waals surface area contributed by atoms with Crippen molar-refractivity contribution in [1.29, 1.82) is 0 Å². The lowest BCUT2D eigenvalue weighted by molar-refractivity contribution is 0.108. The molecule has 2 heterocycles.